The van der Waals surface area contributed by atoms with Crippen LogP contribution >= 0.6 is 0 Å². The summed E-state index contributed by atoms with van der Waals surface area (Å²) >= 11 is 0. The van der Waals surface area contributed by atoms with Crippen molar-refractivity contribution in [3.8, 4) is 17.3 Å². The molecule has 0 saturated heterocycles. The van der Waals surface area contributed by atoms with Crippen LogP contribution in [0.15, 0.2) is 42.6 Å². The fourth-order valence-electron chi connectivity index (χ4n) is 3.27. The van der Waals surface area contributed by atoms with E-state index in [1.54, 1.807) is 12.3 Å². The molecule has 25 heavy (non-hydrogen) atoms. The van der Waals surface area contributed by atoms with Gasteiger partial charge in [-0.05, 0) is 12.5 Å². The summed E-state index contributed by atoms with van der Waals surface area (Å²) in [5.74, 6) is -0.0686. The van der Waals surface area contributed by atoms with Crippen molar-refractivity contribution in [3.05, 3.63) is 65.1 Å². The lowest BCUT2D eigenvalue weighted by molar-refractivity contribution is 0.0757. The van der Waals surface area contributed by atoms with Crippen LogP contribution in [0.2, 0.25) is 0 Å². The molecule has 3 heterocycles. The van der Waals surface area contributed by atoms with Gasteiger partial charge in [0.1, 0.15) is 11.8 Å². The highest BCUT2D eigenvalue weighted by Crippen LogP contribution is 2.26. The Morgan fingerprint density at radius 2 is 2.00 bits per heavy atom. The van der Waals surface area contributed by atoms with Crippen LogP contribution in [0.25, 0.3) is 11.3 Å². The Hall–Kier alpha value is -3.33. The second-order valence-electron chi connectivity index (χ2n) is 6.10. The highest BCUT2D eigenvalue weighted by molar-refractivity contribution is 5.93. The first kappa shape index (κ1) is 15.2. The maximum absolute atomic E-state index is 12.7. The van der Waals surface area contributed by atoms with Gasteiger partial charge in [-0.25, -0.2) is 0 Å². The zero-order valence-electron chi connectivity index (χ0n) is 13.6. The van der Waals surface area contributed by atoms with Gasteiger partial charge in [0.15, 0.2) is 0 Å². The highest BCUT2D eigenvalue weighted by atomic mass is 16.2. The number of nitrogens with zero attached hydrogens (tertiary/aromatic N) is 3. The quantitative estimate of drug-likeness (QED) is 0.756. The van der Waals surface area contributed by atoms with Crippen molar-refractivity contribution in [1.29, 1.82) is 5.26 Å². The second-order valence-corrected chi connectivity index (χ2v) is 6.10. The summed E-state index contributed by atoms with van der Waals surface area (Å²) < 4.78 is 0. The number of nitrogens with one attached hydrogen (secondary N) is 2. The summed E-state index contributed by atoms with van der Waals surface area (Å²) in [7, 11) is 0. The Bertz CT molecular complexity index is 948. The van der Waals surface area contributed by atoms with Crippen molar-refractivity contribution < 1.29 is 4.79 Å². The van der Waals surface area contributed by atoms with Crippen molar-refractivity contribution in [2.24, 2.45) is 0 Å². The van der Waals surface area contributed by atoms with Crippen LogP contribution in [0.4, 0.5) is 0 Å². The van der Waals surface area contributed by atoms with Gasteiger partial charge in [0.2, 0.25) is 0 Å². The molecule has 0 unspecified atom stereocenters. The van der Waals surface area contributed by atoms with Crippen LogP contribution in [-0.4, -0.2) is 39.1 Å². The van der Waals surface area contributed by atoms with Crippen molar-refractivity contribution in [1.82, 2.24) is 20.1 Å². The van der Waals surface area contributed by atoms with Crippen LogP contribution in [0, 0.1) is 11.3 Å². The van der Waals surface area contributed by atoms with Gasteiger partial charge < -0.3 is 9.88 Å². The number of nitriles is 1. The number of aromatic amines is 2. The third-order valence-corrected chi connectivity index (χ3v) is 4.59. The second kappa shape index (κ2) is 6.29. The Labute approximate surface area is 145 Å². The maximum Gasteiger partial charge on any atom is 0.270 e. The summed E-state index contributed by atoms with van der Waals surface area (Å²) in [6, 6.07) is 13.7. The molecular weight excluding hydrogens is 314 g/mol. The van der Waals surface area contributed by atoms with Crippen molar-refractivity contribution in [2.45, 2.75) is 12.8 Å². The zero-order valence-corrected chi connectivity index (χ0v) is 13.6. The van der Waals surface area contributed by atoms with Crippen LogP contribution in [-0.2, 0) is 12.8 Å². The molecule has 0 saturated carbocycles. The summed E-state index contributed by atoms with van der Waals surface area (Å²) in [6.45, 7) is 1.26. The van der Waals surface area contributed by atoms with Crippen molar-refractivity contribution in [2.75, 3.05) is 13.1 Å². The minimum Gasteiger partial charge on any atom is -0.356 e. The number of hydrogen-bond donors (Lipinski definition) is 2. The van der Waals surface area contributed by atoms with E-state index in [4.69, 9.17) is 5.26 Å². The number of benzene rings is 1. The fraction of sp³-hybridized carbons (Fsp3) is 0.211. The minimum atomic E-state index is -0.0686. The van der Waals surface area contributed by atoms with E-state index >= 15 is 0 Å². The molecule has 0 atom stereocenters. The summed E-state index contributed by atoms with van der Waals surface area (Å²) in [6.07, 6.45) is 3.06. The van der Waals surface area contributed by atoms with Crippen LogP contribution in [0.5, 0.6) is 0 Å². The van der Waals surface area contributed by atoms with Gasteiger partial charge in [-0.15, -0.1) is 0 Å². The molecule has 2 aromatic heterocycles. The lowest BCUT2D eigenvalue weighted by atomic mass is 10.0. The molecule has 1 aliphatic rings. The third kappa shape index (κ3) is 2.81. The normalized spacial score (nSPS) is 13.8. The number of aromatic nitrogens is 3. The molecule has 0 fully saturated rings. The molecule has 1 aliphatic heterocycles. The fourth-order valence-corrected chi connectivity index (χ4v) is 3.27. The minimum absolute atomic E-state index is 0.0686. The Morgan fingerprint density at radius 1 is 1.20 bits per heavy atom. The van der Waals surface area contributed by atoms with Gasteiger partial charge in [0.05, 0.1) is 11.3 Å². The average Bonchev–Trinajstić information content (AvgIpc) is 3.24. The SMILES string of the molecule is N#Cc1c[nH]c(C(=O)N2CCc3[nH]nc(-c4ccccc4)c3CC2)c1. The molecule has 1 amide bonds. The van der Waals surface area contributed by atoms with Gasteiger partial charge in [0.25, 0.3) is 5.91 Å². The van der Waals surface area contributed by atoms with Crippen molar-refractivity contribution in [3.63, 3.8) is 0 Å². The molecule has 0 aliphatic carbocycles. The van der Waals surface area contributed by atoms with Gasteiger partial charge in [-0.2, -0.15) is 10.4 Å². The van der Waals surface area contributed by atoms with E-state index in [1.165, 1.54) is 5.56 Å². The predicted molar refractivity (Wildman–Crippen MR) is 92.8 cm³/mol. The third-order valence-electron chi connectivity index (χ3n) is 4.59. The van der Waals surface area contributed by atoms with E-state index in [2.05, 4.69) is 15.2 Å². The maximum atomic E-state index is 12.7. The largest absolute Gasteiger partial charge is 0.356 e. The first-order chi connectivity index (χ1) is 12.3. The molecule has 0 radical (unpaired) electrons. The van der Waals surface area contributed by atoms with E-state index in [9.17, 15) is 4.79 Å². The average molecular weight is 331 g/mol. The van der Waals surface area contributed by atoms with E-state index in [0.29, 0.717) is 24.3 Å². The number of amides is 1. The Morgan fingerprint density at radius 3 is 2.76 bits per heavy atom. The molecule has 124 valence electrons. The van der Waals surface area contributed by atoms with Crippen molar-refractivity contribution >= 4 is 5.91 Å². The van der Waals surface area contributed by atoms with E-state index < -0.39 is 0 Å². The zero-order chi connectivity index (χ0) is 17.2. The molecule has 6 nitrogen and oxygen atoms in total. The van der Waals surface area contributed by atoms with Crippen LogP contribution in [0.1, 0.15) is 27.3 Å². The first-order valence-corrected chi connectivity index (χ1v) is 8.25. The molecule has 1 aromatic carbocycles. The molecule has 0 spiro atoms. The number of carbonyl (C=O) groups excluding carboxylic acids is 1. The molecule has 3 aromatic rings. The molecule has 2 N–H and O–H groups in total. The van der Waals surface area contributed by atoms with Gasteiger partial charge >= 0.3 is 0 Å². The van der Waals surface area contributed by atoms with Gasteiger partial charge in [-0.1, -0.05) is 30.3 Å². The number of carbonyl (C=O) groups is 1. The first-order valence-electron chi connectivity index (χ1n) is 8.25. The lowest BCUT2D eigenvalue weighted by Gasteiger charge is -2.19. The molecule has 0 bridgehead atoms. The molecule has 4 rings (SSSR count). The summed E-state index contributed by atoms with van der Waals surface area (Å²) in [4.78, 5) is 17.4. The summed E-state index contributed by atoms with van der Waals surface area (Å²) in [5.41, 5.74) is 5.27. The smallest absolute Gasteiger partial charge is 0.270 e. The number of fused-ring (bicyclic) bond motifs is 1. The van der Waals surface area contributed by atoms with Crippen LogP contribution in [0.3, 0.4) is 0 Å². The standard InChI is InChI=1S/C19H17N5O/c20-11-13-10-17(21-12-13)19(25)24-8-6-15-16(7-9-24)22-23-18(15)14-4-2-1-3-5-14/h1-5,10,12,21H,6-9H2,(H,22,23). The topological polar surface area (TPSA) is 88.6 Å². The monoisotopic (exact) mass is 331 g/mol. The molecular formula is C19H17N5O. The Balaban J connectivity index is 1.55. The highest BCUT2D eigenvalue weighted by Gasteiger charge is 2.24. The van der Waals surface area contributed by atoms with Gasteiger partial charge in [0, 0.05) is 42.5 Å². The number of H-pyrrole nitrogens is 2. The predicted octanol–water partition coefficient (Wildman–Crippen LogP) is 2.52. The van der Waals surface area contributed by atoms with Gasteiger partial charge in [-0.3, -0.25) is 9.89 Å². The van der Waals surface area contributed by atoms with Crippen LogP contribution < -0.4 is 0 Å². The van der Waals surface area contributed by atoms with E-state index in [1.807, 2.05) is 41.3 Å². The summed E-state index contributed by atoms with van der Waals surface area (Å²) in [5, 5.41) is 16.5. The Kier molecular flexibility index (Phi) is 3.82. The molecule has 6 heteroatoms. The number of rotatable bonds is 2. The number of hydrogen-bond acceptors (Lipinski definition) is 3. The van der Waals surface area contributed by atoms with E-state index in [-0.39, 0.29) is 5.91 Å². The lowest BCUT2D eigenvalue weighted by Crippen LogP contribution is -2.33. The van der Waals surface area contributed by atoms with E-state index in [0.717, 1.165) is 29.8 Å².